The maximum absolute atomic E-state index is 12.4. The lowest BCUT2D eigenvalue weighted by molar-refractivity contribution is -0.118. The molecule has 0 aliphatic rings. The van der Waals surface area contributed by atoms with Crippen LogP contribution in [0, 0.1) is 0 Å². The van der Waals surface area contributed by atoms with Crippen molar-refractivity contribution >= 4 is 28.2 Å². The van der Waals surface area contributed by atoms with Gasteiger partial charge in [-0.2, -0.15) is 0 Å². The number of amides is 1. The smallest absolute Gasteiger partial charge is 0.341 e. The van der Waals surface area contributed by atoms with E-state index in [1.165, 1.54) is 24.0 Å². The molecule has 30 heavy (non-hydrogen) atoms. The summed E-state index contributed by atoms with van der Waals surface area (Å²) in [4.78, 5) is 24.8. The molecular formula is C23H23NO5S. The first kappa shape index (κ1) is 21.4. The van der Waals surface area contributed by atoms with E-state index < -0.39 is 5.97 Å². The van der Waals surface area contributed by atoms with Crippen molar-refractivity contribution in [1.29, 1.82) is 0 Å². The largest absolute Gasteiger partial charge is 0.497 e. The third-order valence-electron chi connectivity index (χ3n) is 4.54. The summed E-state index contributed by atoms with van der Waals surface area (Å²) >= 11 is 1.27. The van der Waals surface area contributed by atoms with Gasteiger partial charge in [-0.05, 0) is 41.8 Å². The van der Waals surface area contributed by atoms with Crippen molar-refractivity contribution in [3.63, 3.8) is 0 Å². The molecule has 1 heterocycles. The number of carbonyl (C=O) groups is 2. The molecule has 6 nitrogen and oxygen atoms in total. The predicted molar refractivity (Wildman–Crippen MR) is 118 cm³/mol. The molecule has 156 valence electrons. The number of hydrogen-bond acceptors (Lipinski definition) is 6. The van der Waals surface area contributed by atoms with E-state index in [0.29, 0.717) is 22.1 Å². The van der Waals surface area contributed by atoms with Crippen molar-refractivity contribution in [2.45, 2.75) is 13.3 Å². The lowest BCUT2D eigenvalue weighted by Gasteiger charge is -2.09. The van der Waals surface area contributed by atoms with E-state index in [4.69, 9.17) is 14.2 Å². The van der Waals surface area contributed by atoms with Gasteiger partial charge in [-0.15, -0.1) is 11.3 Å². The Bertz CT molecular complexity index is 1010. The van der Waals surface area contributed by atoms with Gasteiger partial charge in [0.05, 0.1) is 14.2 Å². The zero-order valence-electron chi connectivity index (χ0n) is 17.1. The number of thiophene rings is 1. The van der Waals surface area contributed by atoms with E-state index in [1.807, 2.05) is 29.6 Å². The Hall–Kier alpha value is -3.32. The average Bonchev–Trinajstić information content (AvgIpc) is 3.20. The molecule has 3 rings (SSSR count). The Kier molecular flexibility index (Phi) is 7.08. The molecule has 7 heteroatoms. The maximum Gasteiger partial charge on any atom is 0.341 e. The number of methoxy groups -OCH3 is 2. The minimum absolute atomic E-state index is 0.189. The molecule has 1 amide bonds. The van der Waals surface area contributed by atoms with Gasteiger partial charge in [0.25, 0.3) is 5.91 Å². The van der Waals surface area contributed by atoms with Crippen LogP contribution in [0.5, 0.6) is 11.5 Å². The number of aryl methyl sites for hydroxylation is 1. The molecule has 0 spiro atoms. The van der Waals surface area contributed by atoms with Crippen molar-refractivity contribution in [1.82, 2.24) is 0 Å². The lowest BCUT2D eigenvalue weighted by atomic mass is 10.0. The van der Waals surface area contributed by atoms with Crippen LogP contribution in [0.25, 0.3) is 11.1 Å². The highest BCUT2D eigenvalue weighted by Gasteiger charge is 2.22. The number of benzene rings is 2. The molecule has 0 aliphatic heterocycles. The second kappa shape index (κ2) is 9.93. The SMILES string of the molecule is CCc1ccc(-c2csc(NC(=O)COc3ccc(OC)cc3)c2C(=O)OC)cc1. The molecule has 0 saturated heterocycles. The van der Waals surface area contributed by atoms with Gasteiger partial charge >= 0.3 is 5.97 Å². The Morgan fingerprint density at radius 2 is 1.63 bits per heavy atom. The second-order valence-corrected chi connectivity index (χ2v) is 7.29. The van der Waals surface area contributed by atoms with Gasteiger partial charge in [0, 0.05) is 10.9 Å². The number of carbonyl (C=O) groups excluding carboxylic acids is 2. The normalized spacial score (nSPS) is 10.4. The number of rotatable bonds is 8. The van der Waals surface area contributed by atoms with Crippen molar-refractivity contribution < 1.29 is 23.8 Å². The molecule has 3 aromatic rings. The van der Waals surface area contributed by atoms with Crippen LogP contribution < -0.4 is 14.8 Å². The van der Waals surface area contributed by atoms with E-state index >= 15 is 0 Å². The summed E-state index contributed by atoms with van der Waals surface area (Å²) in [6.07, 6.45) is 0.934. The van der Waals surface area contributed by atoms with Crippen LogP contribution in [0.3, 0.4) is 0 Å². The number of esters is 1. The topological polar surface area (TPSA) is 73.9 Å². The van der Waals surface area contributed by atoms with E-state index in [0.717, 1.165) is 17.5 Å². The van der Waals surface area contributed by atoms with Crippen molar-refractivity contribution in [2.75, 3.05) is 26.1 Å². The zero-order chi connectivity index (χ0) is 21.5. The monoisotopic (exact) mass is 425 g/mol. The van der Waals surface area contributed by atoms with Crippen LogP contribution in [0.1, 0.15) is 22.8 Å². The van der Waals surface area contributed by atoms with Crippen LogP contribution in [0.15, 0.2) is 53.9 Å². The van der Waals surface area contributed by atoms with Gasteiger partial charge in [0.2, 0.25) is 0 Å². The van der Waals surface area contributed by atoms with E-state index in [9.17, 15) is 9.59 Å². The van der Waals surface area contributed by atoms with Crippen LogP contribution in [0.4, 0.5) is 5.00 Å². The standard InChI is InChI=1S/C23H23NO5S/c1-4-15-5-7-16(8-6-15)19-14-30-22(21(19)23(26)28-3)24-20(25)13-29-18-11-9-17(27-2)10-12-18/h5-12,14H,4,13H2,1-3H3,(H,24,25). The highest BCUT2D eigenvalue weighted by atomic mass is 32.1. The minimum Gasteiger partial charge on any atom is -0.497 e. The van der Waals surface area contributed by atoms with Crippen LogP contribution in [0.2, 0.25) is 0 Å². The summed E-state index contributed by atoms with van der Waals surface area (Å²) in [5, 5.41) is 5.03. The van der Waals surface area contributed by atoms with Gasteiger partial charge in [0.1, 0.15) is 22.1 Å². The summed E-state index contributed by atoms with van der Waals surface area (Å²) in [5.41, 5.74) is 3.15. The lowest BCUT2D eigenvalue weighted by Crippen LogP contribution is -2.21. The Morgan fingerprint density at radius 3 is 2.23 bits per heavy atom. The molecule has 1 aromatic heterocycles. The summed E-state index contributed by atoms with van der Waals surface area (Å²) in [7, 11) is 2.90. The Labute approximate surface area is 179 Å². The van der Waals surface area contributed by atoms with Gasteiger partial charge < -0.3 is 19.5 Å². The maximum atomic E-state index is 12.4. The fourth-order valence-electron chi connectivity index (χ4n) is 2.87. The molecule has 0 radical (unpaired) electrons. The fraction of sp³-hybridized carbons (Fsp3) is 0.217. The third kappa shape index (κ3) is 4.99. The number of hydrogen-bond donors (Lipinski definition) is 1. The summed E-state index contributed by atoms with van der Waals surface area (Å²) < 4.78 is 15.5. The molecule has 1 N–H and O–H groups in total. The van der Waals surface area contributed by atoms with Crippen molar-refractivity contribution in [2.24, 2.45) is 0 Å². The van der Waals surface area contributed by atoms with Crippen LogP contribution in [-0.2, 0) is 16.0 Å². The minimum atomic E-state index is -0.503. The van der Waals surface area contributed by atoms with E-state index in [-0.39, 0.29) is 12.5 Å². The molecule has 0 fully saturated rings. The third-order valence-corrected chi connectivity index (χ3v) is 5.43. The Balaban J connectivity index is 1.74. The number of anilines is 1. The van der Waals surface area contributed by atoms with Gasteiger partial charge in [-0.25, -0.2) is 4.79 Å². The quantitative estimate of drug-likeness (QED) is 0.525. The first-order valence-electron chi connectivity index (χ1n) is 9.41. The van der Waals surface area contributed by atoms with E-state index in [1.54, 1.807) is 31.4 Å². The van der Waals surface area contributed by atoms with E-state index in [2.05, 4.69) is 12.2 Å². The summed E-state index contributed by atoms with van der Waals surface area (Å²) in [6.45, 7) is 1.90. The van der Waals surface area contributed by atoms with Gasteiger partial charge in [0.15, 0.2) is 6.61 Å². The first-order valence-corrected chi connectivity index (χ1v) is 10.3. The molecule has 0 atom stereocenters. The van der Waals surface area contributed by atoms with Crippen molar-refractivity contribution in [3.8, 4) is 22.6 Å². The Morgan fingerprint density at radius 1 is 0.967 bits per heavy atom. The highest BCUT2D eigenvalue weighted by Crippen LogP contribution is 2.36. The predicted octanol–water partition coefficient (Wildman–Crippen LogP) is 4.79. The average molecular weight is 426 g/mol. The second-order valence-electron chi connectivity index (χ2n) is 6.41. The molecular weight excluding hydrogens is 402 g/mol. The molecule has 0 bridgehead atoms. The van der Waals surface area contributed by atoms with Gasteiger partial charge in [-0.3, -0.25) is 4.79 Å². The van der Waals surface area contributed by atoms with Crippen molar-refractivity contribution in [3.05, 3.63) is 65.0 Å². The number of ether oxygens (including phenoxy) is 3. The fourth-order valence-corrected chi connectivity index (χ4v) is 3.84. The summed E-state index contributed by atoms with van der Waals surface area (Å²) in [5.74, 6) is 0.373. The first-order chi connectivity index (χ1) is 14.5. The molecule has 0 saturated carbocycles. The molecule has 2 aromatic carbocycles. The summed E-state index contributed by atoms with van der Waals surface area (Å²) in [6, 6.07) is 14.9. The zero-order valence-corrected chi connectivity index (χ0v) is 17.9. The highest BCUT2D eigenvalue weighted by molar-refractivity contribution is 7.15. The molecule has 0 aliphatic carbocycles. The van der Waals surface area contributed by atoms with Crippen LogP contribution in [-0.4, -0.2) is 32.7 Å². The van der Waals surface area contributed by atoms with Gasteiger partial charge in [-0.1, -0.05) is 31.2 Å². The van der Waals surface area contributed by atoms with Crippen LogP contribution >= 0.6 is 11.3 Å². The number of nitrogens with one attached hydrogen (secondary N) is 1. The molecule has 0 unspecified atom stereocenters.